The van der Waals surface area contributed by atoms with Crippen molar-refractivity contribution in [1.29, 1.82) is 0 Å². The minimum absolute atomic E-state index is 0.225. The van der Waals surface area contributed by atoms with Crippen LogP contribution in [-0.4, -0.2) is 17.3 Å². The summed E-state index contributed by atoms with van der Waals surface area (Å²) in [6.45, 7) is 2.00. The summed E-state index contributed by atoms with van der Waals surface area (Å²) >= 11 is 0. The third-order valence-electron chi connectivity index (χ3n) is 3.47. The monoisotopic (exact) mass is 234 g/mol. The highest BCUT2D eigenvalue weighted by Crippen LogP contribution is 2.24. The predicted molar refractivity (Wildman–Crippen MR) is 69.3 cm³/mol. The van der Waals surface area contributed by atoms with Gasteiger partial charge in [0, 0.05) is 0 Å². The second kappa shape index (κ2) is 6.06. The first-order valence-electron chi connectivity index (χ1n) is 6.71. The van der Waals surface area contributed by atoms with Crippen molar-refractivity contribution >= 4 is 0 Å². The van der Waals surface area contributed by atoms with Crippen molar-refractivity contribution in [2.24, 2.45) is 0 Å². The largest absolute Gasteiger partial charge is 0.490 e. The second-order valence-corrected chi connectivity index (χ2v) is 4.93. The highest BCUT2D eigenvalue weighted by molar-refractivity contribution is 5.27. The van der Waals surface area contributed by atoms with Crippen LogP contribution in [-0.2, 0) is 6.42 Å². The zero-order valence-electron chi connectivity index (χ0n) is 10.6. The van der Waals surface area contributed by atoms with Gasteiger partial charge in [-0.15, -0.1) is 0 Å². The summed E-state index contributed by atoms with van der Waals surface area (Å²) in [5, 5.41) is 9.58. The standard InChI is InChI=1S/C15H22O2/c1-2-13(16)11-12-7-9-15(10-8-12)17-14-5-3-4-6-14/h7-10,13-14,16H,2-6,11H2,1H3. The fourth-order valence-electron chi connectivity index (χ4n) is 2.32. The first kappa shape index (κ1) is 12.4. The maximum atomic E-state index is 9.58. The van der Waals surface area contributed by atoms with Crippen LogP contribution in [0.1, 0.15) is 44.6 Å². The quantitative estimate of drug-likeness (QED) is 0.847. The normalized spacial score (nSPS) is 18.2. The number of aliphatic hydroxyl groups excluding tert-OH is 1. The molecule has 1 aromatic rings. The van der Waals surface area contributed by atoms with Crippen LogP contribution in [0.15, 0.2) is 24.3 Å². The molecule has 0 aromatic heterocycles. The Hall–Kier alpha value is -1.02. The Bertz CT molecular complexity index is 325. The van der Waals surface area contributed by atoms with Gasteiger partial charge in [-0.2, -0.15) is 0 Å². The fourth-order valence-corrected chi connectivity index (χ4v) is 2.32. The van der Waals surface area contributed by atoms with Crippen molar-refractivity contribution < 1.29 is 9.84 Å². The molecule has 0 radical (unpaired) electrons. The van der Waals surface area contributed by atoms with Gasteiger partial charge in [-0.1, -0.05) is 19.1 Å². The summed E-state index contributed by atoms with van der Waals surface area (Å²) in [7, 11) is 0. The number of hydrogen-bond donors (Lipinski definition) is 1. The lowest BCUT2D eigenvalue weighted by molar-refractivity contribution is 0.170. The van der Waals surface area contributed by atoms with E-state index in [-0.39, 0.29) is 6.10 Å². The molecule has 17 heavy (non-hydrogen) atoms. The smallest absolute Gasteiger partial charge is 0.119 e. The lowest BCUT2D eigenvalue weighted by Gasteiger charge is -2.13. The van der Waals surface area contributed by atoms with Crippen molar-refractivity contribution in [3.63, 3.8) is 0 Å². The number of hydrogen-bond acceptors (Lipinski definition) is 2. The van der Waals surface area contributed by atoms with Crippen LogP contribution in [0.2, 0.25) is 0 Å². The summed E-state index contributed by atoms with van der Waals surface area (Å²) in [5.74, 6) is 0.964. The minimum Gasteiger partial charge on any atom is -0.490 e. The molecular weight excluding hydrogens is 212 g/mol. The van der Waals surface area contributed by atoms with E-state index < -0.39 is 0 Å². The Morgan fingerprint density at radius 3 is 2.47 bits per heavy atom. The molecule has 2 rings (SSSR count). The van der Waals surface area contributed by atoms with Crippen LogP contribution in [0.4, 0.5) is 0 Å². The maximum absolute atomic E-state index is 9.58. The Balaban J connectivity index is 1.88. The SMILES string of the molecule is CCC(O)Cc1ccc(OC2CCCC2)cc1. The van der Waals surface area contributed by atoms with Crippen molar-refractivity contribution in [3.8, 4) is 5.75 Å². The van der Waals surface area contributed by atoms with Crippen molar-refractivity contribution in [2.75, 3.05) is 0 Å². The topological polar surface area (TPSA) is 29.5 Å². The number of ether oxygens (including phenoxy) is 1. The van der Waals surface area contributed by atoms with Gasteiger partial charge >= 0.3 is 0 Å². The molecule has 0 aliphatic heterocycles. The van der Waals surface area contributed by atoms with Gasteiger partial charge in [0.05, 0.1) is 12.2 Å². The van der Waals surface area contributed by atoms with Gasteiger partial charge in [-0.3, -0.25) is 0 Å². The number of aliphatic hydroxyl groups is 1. The predicted octanol–water partition coefficient (Wildman–Crippen LogP) is 3.32. The molecule has 1 aliphatic carbocycles. The van der Waals surface area contributed by atoms with E-state index in [0.717, 1.165) is 18.6 Å². The minimum atomic E-state index is -0.225. The number of benzene rings is 1. The van der Waals surface area contributed by atoms with Gasteiger partial charge in [0.15, 0.2) is 0 Å². The van der Waals surface area contributed by atoms with Crippen LogP contribution in [0.3, 0.4) is 0 Å². The molecule has 1 unspecified atom stereocenters. The first-order chi connectivity index (χ1) is 8.28. The Labute approximate surface area is 104 Å². The summed E-state index contributed by atoms with van der Waals surface area (Å²) in [6.07, 6.45) is 6.71. The molecule has 1 saturated carbocycles. The van der Waals surface area contributed by atoms with E-state index in [9.17, 15) is 5.11 Å². The molecule has 1 atom stereocenters. The van der Waals surface area contributed by atoms with E-state index in [1.807, 2.05) is 19.1 Å². The van der Waals surface area contributed by atoms with Gasteiger partial charge < -0.3 is 9.84 Å². The fraction of sp³-hybridized carbons (Fsp3) is 0.600. The summed E-state index contributed by atoms with van der Waals surface area (Å²) in [6, 6.07) is 8.17. The zero-order chi connectivity index (χ0) is 12.1. The molecule has 0 amide bonds. The van der Waals surface area contributed by atoms with Crippen LogP contribution >= 0.6 is 0 Å². The molecule has 1 aromatic carbocycles. The van der Waals surface area contributed by atoms with Crippen LogP contribution < -0.4 is 4.74 Å². The Kier molecular flexibility index (Phi) is 4.43. The molecule has 1 N–H and O–H groups in total. The lowest BCUT2D eigenvalue weighted by atomic mass is 10.1. The molecule has 0 heterocycles. The maximum Gasteiger partial charge on any atom is 0.119 e. The van der Waals surface area contributed by atoms with Crippen molar-refractivity contribution in [3.05, 3.63) is 29.8 Å². The first-order valence-corrected chi connectivity index (χ1v) is 6.71. The molecule has 1 fully saturated rings. The van der Waals surface area contributed by atoms with E-state index in [1.165, 1.54) is 31.2 Å². The Morgan fingerprint density at radius 2 is 1.88 bits per heavy atom. The van der Waals surface area contributed by atoms with E-state index in [2.05, 4.69) is 12.1 Å². The van der Waals surface area contributed by atoms with Gasteiger partial charge in [0.2, 0.25) is 0 Å². The second-order valence-electron chi connectivity index (χ2n) is 4.93. The van der Waals surface area contributed by atoms with E-state index >= 15 is 0 Å². The molecule has 2 nitrogen and oxygen atoms in total. The highest BCUT2D eigenvalue weighted by atomic mass is 16.5. The average Bonchev–Trinajstić information content (AvgIpc) is 2.84. The third kappa shape index (κ3) is 3.74. The zero-order valence-corrected chi connectivity index (χ0v) is 10.6. The molecule has 0 saturated heterocycles. The third-order valence-corrected chi connectivity index (χ3v) is 3.47. The Morgan fingerprint density at radius 1 is 1.24 bits per heavy atom. The van der Waals surface area contributed by atoms with Gasteiger partial charge in [-0.05, 0) is 56.2 Å². The molecule has 0 bridgehead atoms. The van der Waals surface area contributed by atoms with Gasteiger partial charge in [0.1, 0.15) is 5.75 Å². The van der Waals surface area contributed by atoms with Gasteiger partial charge in [-0.25, -0.2) is 0 Å². The van der Waals surface area contributed by atoms with Crippen molar-refractivity contribution in [2.45, 2.75) is 57.7 Å². The van der Waals surface area contributed by atoms with E-state index in [1.54, 1.807) is 0 Å². The van der Waals surface area contributed by atoms with Crippen LogP contribution in [0.5, 0.6) is 5.75 Å². The molecule has 0 spiro atoms. The molecule has 94 valence electrons. The summed E-state index contributed by atoms with van der Waals surface area (Å²) in [5.41, 5.74) is 1.18. The molecule has 1 aliphatic rings. The molecule has 2 heteroatoms. The van der Waals surface area contributed by atoms with Crippen LogP contribution in [0.25, 0.3) is 0 Å². The van der Waals surface area contributed by atoms with Gasteiger partial charge in [0.25, 0.3) is 0 Å². The highest BCUT2D eigenvalue weighted by Gasteiger charge is 2.16. The summed E-state index contributed by atoms with van der Waals surface area (Å²) < 4.78 is 5.90. The van der Waals surface area contributed by atoms with E-state index in [0.29, 0.717) is 6.10 Å². The van der Waals surface area contributed by atoms with Crippen LogP contribution in [0, 0.1) is 0 Å². The average molecular weight is 234 g/mol. The van der Waals surface area contributed by atoms with Crippen molar-refractivity contribution in [1.82, 2.24) is 0 Å². The summed E-state index contributed by atoms with van der Waals surface area (Å²) in [4.78, 5) is 0. The van der Waals surface area contributed by atoms with E-state index in [4.69, 9.17) is 4.74 Å². The lowest BCUT2D eigenvalue weighted by Crippen LogP contribution is -2.11. The number of rotatable bonds is 5. The molecular formula is C15H22O2.